The van der Waals surface area contributed by atoms with Crippen molar-refractivity contribution in [1.29, 1.82) is 0 Å². The summed E-state index contributed by atoms with van der Waals surface area (Å²) in [5.74, 6) is 0. The zero-order valence-corrected chi connectivity index (χ0v) is 12.0. The molecule has 1 atom stereocenters. The molecule has 4 heteroatoms. The molecule has 1 aromatic carbocycles. The van der Waals surface area contributed by atoms with E-state index in [4.69, 9.17) is 0 Å². The van der Waals surface area contributed by atoms with E-state index >= 15 is 0 Å². The Kier molecular flexibility index (Phi) is 3.64. The van der Waals surface area contributed by atoms with Crippen LogP contribution in [0.15, 0.2) is 42.0 Å². The molecule has 0 aliphatic carbocycles. The summed E-state index contributed by atoms with van der Waals surface area (Å²) in [7, 11) is 0. The maximum atomic E-state index is 4.18. The molecule has 3 nitrogen and oxygen atoms in total. The fourth-order valence-corrected chi connectivity index (χ4v) is 3.36. The van der Waals surface area contributed by atoms with E-state index in [2.05, 4.69) is 52.5 Å². The largest absolute Gasteiger partial charge is 0.313 e. The first-order chi connectivity index (χ1) is 9.29. The van der Waals surface area contributed by atoms with Crippen LogP contribution in [-0.4, -0.2) is 29.5 Å². The summed E-state index contributed by atoms with van der Waals surface area (Å²) in [5, 5.41) is 3.53. The summed E-state index contributed by atoms with van der Waals surface area (Å²) in [6.45, 7) is 6.44. The van der Waals surface area contributed by atoms with Gasteiger partial charge < -0.3 is 5.32 Å². The Morgan fingerprint density at radius 3 is 2.95 bits per heavy atom. The molecule has 19 heavy (non-hydrogen) atoms. The van der Waals surface area contributed by atoms with Crippen LogP contribution in [0.5, 0.6) is 0 Å². The molecule has 1 saturated heterocycles. The Bertz CT molecular complexity index is 511. The Labute approximate surface area is 118 Å². The molecule has 1 aromatic heterocycles. The average molecular weight is 273 g/mol. The molecule has 1 aliphatic rings. The second-order valence-electron chi connectivity index (χ2n) is 5.21. The van der Waals surface area contributed by atoms with Crippen LogP contribution in [0.2, 0.25) is 0 Å². The zero-order valence-electron chi connectivity index (χ0n) is 11.2. The van der Waals surface area contributed by atoms with Crippen molar-refractivity contribution in [2.75, 3.05) is 19.6 Å². The third kappa shape index (κ3) is 2.56. The van der Waals surface area contributed by atoms with Crippen molar-refractivity contribution >= 4 is 11.3 Å². The summed E-state index contributed by atoms with van der Waals surface area (Å²) >= 11 is 1.74. The minimum Gasteiger partial charge on any atom is -0.313 e. The molecule has 2 heterocycles. The highest BCUT2D eigenvalue weighted by molar-refractivity contribution is 7.09. The van der Waals surface area contributed by atoms with E-state index in [-0.39, 0.29) is 5.54 Å². The zero-order chi connectivity index (χ0) is 13.1. The third-order valence-corrected chi connectivity index (χ3v) is 4.72. The summed E-state index contributed by atoms with van der Waals surface area (Å²) < 4.78 is 0. The minimum atomic E-state index is 0.0590. The van der Waals surface area contributed by atoms with Crippen molar-refractivity contribution in [3.05, 3.63) is 52.5 Å². The first kappa shape index (κ1) is 12.8. The second-order valence-corrected chi connectivity index (χ2v) is 6.18. The fraction of sp³-hybridized carbons (Fsp3) is 0.400. The van der Waals surface area contributed by atoms with Gasteiger partial charge in [0.1, 0.15) is 0 Å². The molecule has 0 amide bonds. The lowest BCUT2D eigenvalue weighted by Crippen LogP contribution is -2.56. The van der Waals surface area contributed by atoms with Crippen LogP contribution in [0.25, 0.3) is 0 Å². The van der Waals surface area contributed by atoms with Crippen molar-refractivity contribution in [3.63, 3.8) is 0 Å². The molecule has 3 rings (SSSR count). The molecule has 2 aromatic rings. The summed E-state index contributed by atoms with van der Waals surface area (Å²) in [6.07, 6.45) is 1.98. The fourth-order valence-electron chi connectivity index (χ4n) is 2.75. The van der Waals surface area contributed by atoms with Crippen molar-refractivity contribution in [2.24, 2.45) is 0 Å². The van der Waals surface area contributed by atoms with Gasteiger partial charge in [0.2, 0.25) is 0 Å². The van der Waals surface area contributed by atoms with Gasteiger partial charge in [-0.15, -0.1) is 11.3 Å². The maximum Gasteiger partial charge on any atom is 0.0794 e. The molecule has 1 aliphatic heterocycles. The number of benzene rings is 1. The van der Waals surface area contributed by atoms with Crippen molar-refractivity contribution < 1.29 is 0 Å². The van der Waals surface area contributed by atoms with E-state index < -0.39 is 0 Å². The average Bonchev–Trinajstić information content (AvgIpc) is 2.96. The van der Waals surface area contributed by atoms with E-state index in [0.29, 0.717) is 0 Å². The maximum absolute atomic E-state index is 4.18. The SMILES string of the molecule is CC1(c2ccccc2)CNCCN1Cc1cncs1. The number of nitrogens with zero attached hydrogens (tertiary/aromatic N) is 2. The highest BCUT2D eigenvalue weighted by Crippen LogP contribution is 2.31. The molecule has 0 spiro atoms. The lowest BCUT2D eigenvalue weighted by molar-refractivity contribution is 0.0660. The first-order valence-corrected chi connectivity index (χ1v) is 7.56. The second kappa shape index (κ2) is 5.41. The van der Waals surface area contributed by atoms with Crippen LogP contribution in [-0.2, 0) is 12.1 Å². The van der Waals surface area contributed by atoms with Gasteiger partial charge in [0.25, 0.3) is 0 Å². The van der Waals surface area contributed by atoms with E-state index in [1.807, 2.05) is 11.7 Å². The van der Waals surface area contributed by atoms with Crippen LogP contribution >= 0.6 is 11.3 Å². The minimum absolute atomic E-state index is 0.0590. The molecule has 100 valence electrons. The number of piperazine rings is 1. The standard InChI is InChI=1S/C15H19N3S/c1-15(13-5-3-2-4-6-13)11-16-7-8-18(15)10-14-9-17-12-19-14/h2-6,9,12,16H,7-8,10-11H2,1H3. The molecule has 0 saturated carbocycles. The normalized spacial score (nSPS) is 24.5. The predicted molar refractivity (Wildman–Crippen MR) is 79.2 cm³/mol. The van der Waals surface area contributed by atoms with Gasteiger partial charge in [0.05, 0.1) is 11.0 Å². The van der Waals surface area contributed by atoms with Gasteiger partial charge >= 0.3 is 0 Å². The topological polar surface area (TPSA) is 28.2 Å². The quantitative estimate of drug-likeness (QED) is 0.931. The van der Waals surface area contributed by atoms with Crippen molar-refractivity contribution in [2.45, 2.75) is 19.0 Å². The Morgan fingerprint density at radius 1 is 1.37 bits per heavy atom. The molecular formula is C15H19N3S. The highest BCUT2D eigenvalue weighted by Gasteiger charge is 2.35. The Hall–Kier alpha value is -1.23. The molecule has 0 bridgehead atoms. The van der Waals surface area contributed by atoms with Crippen molar-refractivity contribution in [3.8, 4) is 0 Å². The highest BCUT2D eigenvalue weighted by atomic mass is 32.1. The van der Waals surface area contributed by atoms with E-state index in [0.717, 1.165) is 26.2 Å². The number of rotatable bonds is 3. The summed E-state index contributed by atoms with van der Waals surface area (Å²) in [4.78, 5) is 8.08. The monoisotopic (exact) mass is 273 g/mol. The van der Waals surface area contributed by atoms with Gasteiger partial charge in [0, 0.05) is 37.3 Å². The lowest BCUT2D eigenvalue weighted by Gasteiger charge is -2.45. The number of aromatic nitrogens is 1. The van der Waals surface area contributed by atoms with E-state index in [1.165, 1.54) is 10.4 Å². The van der Waals surface area contributed by atoms with Gasteiger partial charge in [-0.25, -0.2) is 0 Å². The molecular weight excluding hydrogens is 254 g/mol. The summed E-state index contributed by atoms with van der Waals surface area (Å²) in [5.41, 5.74) is 3.35. The smallest absolute Gasteiger partial charge is 0.0794 e. The number of thiazole rings is 1. The first-order valence-electron chi connectivity index (χ1n) is 6.68. The predicted octanol–water partition coefficient (Wildman–Crippen LogP) is 2.46. The van der Waals surface area contributed by atoms with E-state index in [9.17, 15) is 0 Å². The molecule has 1 fully saturated rings. The van der Waals surface area contributed by atoms with Gasteiger partial charge in [0.15, 0.2) is 0 Å². The third-order valence-electron chi connectivity index (χ3n) is 3.95. The Morgan fingerprint density at radius 2 is 2.21 bits per heavy atom. The van der Waals surface area contributed by atoms with Gasteiger partial charge in [-0.1, -0.05) is 30.3 Å². The molecule has 1 N–H and O–H groups in total. The van der Waals surface area contributed by atoms with Crippen LogP contribution in [0.4, 0.5) is 0 Å². The Balaban J connectivity index is 1.88. The van der Waals surface area contributed by atoms with Crippen molar-refractivity contribution in [1.82, 2.24) is 15.2 Å². The van der Waals surface area contributed by atoms with Crippen LogP contribution in [0, 0.1) is 0 Å². The number of hydrogen-bond acceptors (Lipinski definition) is 4. The van der Waals surface area contributed by atoms with Gasteiger partial charge in [-0.05, 0) is 12.5 Å². The summed E-state index contributed by atoms with van der Waals surface area (Å²) in [6, 6.07) is 10.8. The number of nitrogens with one attached hydrogen (secondary N) is 1. The van der Waals surface area contributed by atoms with Crippen LogP contribution in [0.1, 0.15) is 17.4 Å². The van der Waals surface area contributed by atoms with Crippen LogP contribution in [0.3, 0.4) is 0 Å². The van der Waals surface area contributed by atoms with E-state index in [1.54, 1.807) is 11.3 Å². The van der Waals surface area contributed by atoms with Crippen LogP contribution < -0.4 is 5.32 Å². The van der Waals surface area contributed by atoms with Gasteiger partial charge in [-0.3, -0.25) is 9.88 Å². The molecule has 0 radical (unpaired) electrons. The number of hydrogen-bond donors (Lipinski definition) is 1. The lowest BCUT2D eigenvalue weighted by atomic mass is 9.88. The molecule has 1 unspecified atom stereocenters. The van der Waals surface area contributed by atoms with Gasteiger partial charge in [-0.2, -0.15) is 0 Å².